The molecule has 3 rings (SSSR count). The quantitative estimate of drug-likeness (QED) is 0.371. The van der Waals surface area contributed by atoms with Gasteiger partial charge in [-0.3, -0.25) is 4.72 Å². The number of anilines is 3. The Balaban J connectivity index is 1.67. The minimum atomic E-state index is -3.73. The van der Waals surface area contributed by atoms with Crippen LogP contribution in [0.3, 0.4) is 0 Å². The van der Waals surface area contributed by atoms with Crippen molar-refractivity contribution in [2.24, 2.45) is 0 Å². The van der Waals surface area contributed by atoms with Gasteiger partial charge in [-0.25, -0.2) is 8.42 Å². The van der Waals surface area contributed by atoms with Gasteiger partial charge in [0.2, 0.25) is 0 Å². The summed E-state index contributed by atoms with van der Waals surface area (Å²) in [5.41, 5.74) is 1.58. The Kier molecular flexibility index (Phi) is 6.87. The molecule has 0 radical (unpaired) electrons. The number of rotatable bonds is 5. The monoisotopic (exact) mass is 485 g/mol. The number of sulfonamides is 1. The molecule has 3 aromatic rings. The Morgan fingerprint density at radius 1 is 0.759 bits per heavy atom. The third-order valence-electron chi connectivity index (χ3n) is 3.70. The van der Waals surface area contributed by atoms with Gasteiger partial charge in [0, 0.05) is 21.4 Å². The fraction of sp³-hybridized carbons (Fsp3) is 0. The molecule has 0 aromatic heterocycles. The molecule has 0 amide bonds. The van der Waals surface area contributed by atoms with E-state index in [4.69, 9.17) is 47.0 Å². The van der Waals surface area contributed by atoms with Crippen molar-refractivity contribution in [3.05, 3.63) is 81.8 Å². The van der Waals surface area contributed by atoms with Crippen LogP contribution in [0.2, 0.25) is 15.1 Å². The number of halogens is 3. The van der Waals surface area contributed by atoms with Crippen molar-refractivity contribution in [3.63, 3.8) is 0 Å². The Hall–Kier alpha value is -2.03. The molecule has 0 fully saturated rings. The number of hydrogen-bond acceptors (Lipinski definition) is 3. The van der Waals surface area contributed by atoms with E-state index in [0.29, 0.717) is 32.1 Å². The van der Waals surface area contributed by atoms with E-state index in [1.807, 2.05) is 0 Å². The van der Waals surface area contributed by atoms with Crippen LogP contribution in [0.15, 0.2) is 71.6 Å². The zero-order valence-electron chi connectivity index (χ0n) is 14.6. The van der Waals surface area contributed by atoms with Crippen LogP contribution in [0.4, 0.5) is 17.1 Å². The molecule has 0 atom stereocenters. The highest BCUT2D eigenvalue weighted by molar-refractivity contribution is 7.92. The summed E-state index contributed by atoms with van der Waals surface area (Å²) in [6, 6.07) is 17.5. The van der Waals surface area contributed by atoms with Crippen LogP contribution in [-0.4, -0.2) is 13.5 Å². The van der Waals surface area contributed by atoms with Gasteiger partial charge < -0.3 is 10.6 Å². The minimum Gasteiger partial charge on any atom is -0.332 e. The van der Waals surface area contributed by atoms with Gasteiger partial charge in [-0.2, -0.15) is 0 Å². The van der Waals surface area contributed by atoms with Crippen molar-refractivity contribution in [3.8, 4) is 0 Å². The average Bonchev–Trinajstić information content (AvgIpc) is 2.67. The fourth-order valence-corrected chi connectivity index (χ4v) is 4.08. The van der Waals surface area contributed by atoms with Crippen molar-refractivity contribution >= 4 is 79.2 Å². The normalized spacial score (nSPS) is 11.0. The van der Waals surface area contributed by atoms with Gasteiger partial charge in [-0.05, 0) is 78.9 Å². The van der Waals surface area contributed by atoms with Crippen LogP contribution in [0.1, 0.15) is 0 Å². The van der Waals surface area contributed by atoms with E-state index >= 15 is 0 Å². The fourth-order valence-electron chi connectivity index (χ4n) is 2.33. The summed E-state index contributed by atoms with van der Waals surface area (Å²) in [4.78, 5) is 0.106. The first-order valence-electron chi connectivity index (χ1n) is 8.14. The Bertz CT molecular complexity index is 1140. The van der Waals surface area contributed by atoms with Crippen LogP contribution in [0.5, 0.6) is 0 Å². The first-order valence-corrected chi connectivity index (χ1v) is 11.2. The summed E-state index contributed by atoms with van der Waals surface area (Å²) in [5, 5.41) is 7.69. The van der Waals surface area contributed by atoms with Gasteiger partial charge in [0.1, 0.15) is 0 Å². The van der Waals surface area contributed by atoms with Gasteiger partial charge in [-0.15, -0.1) is 0 Å². The Labute approximate surface area is 189 Å². The van der Waals surface area contributed by atoms with Gasteiger partial charge in [0.05, 0.1) is 15.6 Å². The highest BCUT2D eigenvalue weighted by Gasteiger charge is 2.14. The minimum absolute atomic E-state index is 0.106. The smallest absolute Gasteiger partial charge is 0.261 e. The molecule has 0 unspecified atom stereocenters. The van der Waals surface area contributed by atoms with Gasteiger partial charge in [0.25, 0.3) is 10.0 Å². The molecular formula is C19H14Cl3N3O2S2. The molecule has 0 heterocycles. The lowest BCUT2D eigenvalue weighted by molar-refractivity contribution is 0.601. The second kappa shape index (κ2) is 9.19. The first-order chi connectivity index (χ1) is 13.7. The van der Waals surface area contributed by atoms with Crippen molar-refractivity contribution in [2.75, 3.05) is 15.4 Å². The zero-order valence-corrected chi connectivity index (χ0v) is 18.5. The molecule has 0 aliphatic heterocycles. The first kappa shape index (κ1) is 21.7. The van der Waals surface area contributed by atoms with E-state index in [9.17, 15) is 8.42 Å². The summed E-state index contributed by atoms with van der Waals surface area (Å²) in [6.07, 6.45) is 0. The lowest BCUT2D eigenvalue weighted by Gasteiger charge is -2.13. The van der Waals surface area contributed by atoms with Crippen LogP contribution in [0.25, 0.3) is 0 Å². The predicted molar refractivity (Wildman–Crippen MR) is 125 cm³/mol. The van der Waals surface area contributed by atoms with E-state index in [-0.39, 0.29) is 10.0 Å². The third kappa shape index (κ3) is 5.98. The molecule has 150 valence electrons. The Morgan fingerprint density at radius 2 is 1.34 bits per heavy atom. The molecular weight excluding hydrogens is 473 g/mol. The van der Waals surface area contributed by atoms with E-state index in [1.165, 1.54) is 12.1 Å². The number of nitrogens with one attached hydrogen (secondary N) is 3. The lowest BCUT2D eigenvalue weighted by Crippen LogP contribution is -2.19. The van der Waals surface area contributed by atoms with Crippen LogP contribution >= 0.6 is 47.0 Å². The molecule has 0 spiro atoms. The highest BCUT2D eigenvalue weighted by Crippen LogP contribution is 2.26. The summed E-state index contributed by atoms with van der Waals surface area (Å²) < 4.78 is 27.5. The highest BCUT2D eigenvalue weighted by atomic mass is 35.5. The SMILES string of the molecule is O=S(=O)(Nc1ccc(Cl)cc1)c1ccc(NC(=S)Nc2cc(Cl)ccc2Cl)cc1. The number of benzene rings is 3. The van der Waals surface area contributed by atoms with Crippen molar-refractivity contribution in [1.29, 1.82) is 0 Å². The van der Waals surface area contributed by atoms with E-state index < -0.39 is 10.0 Å². The summed E-state index contributed by atoms with van der Waals surface area (Å²) in [6.45, 7) is 0. The Morgan fingerprint density at radius 3 is 2.00 bits per heavy atom. The molecule has 5 nitrogen and oxygen atoms in total. The largest absolute Gasteiger partial charge is 0.332 e. The zero-order chi connectivity index (χ0) is 21.0. The molecule has 0 bridgehead atoms. The summed E-state index contributed by atoms with van der Waals surface area (Å²) in [5.74, 6) is 0. The number of thiocarbonyl (C=S) groups is 1. The van der Waals surface area contributed by atoms with Crippen LogP contribution < -0.4 is 15.4 Å². The van der Waals surface area contributed by atoms with Crippen LogP contribution in [-0.2, 0) is 10.0 Å². The lowest BCUT2D eigenvalue weighted by atomic mass is 10.3. The molecule has 0 saturated heterocycles. The van der Waals surface area contributed by atoms with Crippen molar-refractivity contribution in [1.82, 2.24) is 0 Å². The number of hydrogen-bond donors (Lipinski definition) is 3. The second-order valence-electron chi connectivity index (χ2n) is 5.84. The van der Waals surface area contributed by atoms with Gasteiger partial charge in [-0.1, -0.05) is 34.8 Å². The predicted octanol–water partition coefficient (Wildman–Crippen LogP) is 6.26. The van der Waals surface area contributed by atoms with Crippen molar-refractivity contribution in [2.45, 2.75) is 4.90 Å². The molecule has 0 saturated carbocycles. The van der Waals surface area contributed by atoms with Gasteiger partial charge in [0.15, 0.2) is 5.11 Å². The second-order valence-corrected chi connectivity index (χ2v) is 9.21. The van der Waals surface area contributed by atoms with E-state index in [2.05, 4.69) is 15.4 Å². The molecule has 29 heavy (non-hydrogen) atoms. The summed E-state index contributed by atoms with van der Waals surface area (Å²) >= 11 is 23.1. The third-order valence-corrected chi connectivity index (χ3v) is 6.11. The molecule has 0 aliphatic carbocycles. The molecule has 0 aliphatic rings. The molecule has 3 N–H and O–H groups in total. The molecule has 3 aromatic carbocycles. The van der Waals surface area contributed by atoms with E-state index in [1.54, 1.807) is 54.6 Å². The van der Waals surface area contributed by atoms with Crippen molar-refractivity contribution < 1.29 is 8.42 Å². The summed E-state index contributed by atoms with van der Waals surface area (Å²) in [7, 11) is -3.73. The topological polar surface area (TPSA) is 70.2 Å². The maximum atomic E-state index is 12.5. The maximum Gasteiger partial charge on any atom is 0.261 e. The standard InChI is InChI=1S/C19H14Cl3N3O2S2/c20-12-1-4-15(5-2-12)25-29(26,27)16-8-6-14(7-9-16)23-19(28)24-18-11-13(21)3-10-17(18)22/h1-11,25H,(H2,23,24,28). The van der Waals surface area contributed by atoms with Crippen LogP contribution in [0, 0.1) is 0 Å². The maximum absolute atomic E-state index is 12.5. The van der Waals surface area contributed by atoms with Gasteiger partial charge >= 0.3 is 0 Å². The average molecular weight is 487 g/mol. The van der Waals surface area contributed by atoms with E-state index in [0.717, 1.165) is 0 Å². The molecule has 10 heteroatoms.